The second-order valence-corrected chi connectivity index (χ2v) is 5.71. The van der Waals surface area contributed by atoms with Crippen LogP contribution in [0, 0.1) is 5.92 Å². The maximum absolute atomic E-state index is 12.3. The fraction of sp³-hybridized carbons (Fsp3) is 0.846. The number of aliphatic hydroxyl groups is 1. The highest BCUT2D eigenvalue weighted by Crippen LogP contribution is 2.26. The lowest BCUT2D eigenvalue weighted by molar-refractivity contribution is -0.141. The van der Waals surface area contributed by atoms with Crippen molar-refractivity contribution in [3.8, 4) is 0 Å². The van der Waals surface area contributed by atoms with E-state index in [1.54, 1.807) is 11.9 Å². The zero-order chi connectivity index (χ0) is 14.0. The standard InChI is InChI=1S/C13H22N2O4/c1-14(7-9-4-2-3-5-9)13(19)15-8-10(16)6-11(15)12(17)18/h9-11,16H,2-8H2,1H3,(H,17,18)/t10-,11-/m1/s1. The summed E-state index contributed by atoms with van der Waals surface area (Å²) in [6, 6.07) is -1.18. The molecule has 6 heteroatoms. The Balaban J connectivity index is 1.95. The molecular weight excluding hydrogens is 248 g/mol. The molecule has 19 heavy (non-hydrogen) atoms. The Hall–Kier alpha value is -1.30. The molecule has 2 rings (SSSR count). The molecular formula is C13H22N2O4. The molecule has 2 atom stereocenters. The quantitative estimate of drug-likeness (QED) is 0.793. The van der Waals surface area contributed by atoms with Gasteiger partial charge in [0.1, 0.15) is 6.04 Å². The van der Waals surface area contributed by atoms with E-state index in [9.17, 15) is 14.7 Å². The molecule has 2 aliphatic rings. The summed E-state index contributed by atoms with van der Waals surface area (Å²) in [4.78, 5) is 26.3. The second-order valence-electron chi connectivity index (χ2n) is 5.71. The summed E-state index contributed by atoms with van der Waals surface area (Å²) >= 11 is 0. The van der Waals surface area contributed by atoms with E-state index in [-0.39, 0.29) is 19.0 Å². The van der Waals surface area contributed by atoms with Crippen molar-refractivity contribution < 1.29 is 19.8 Å². The van der Waals surface area contributed by atoms with E-state index in [2.05, 4.69) is 0 Å². The monoisotopic (exact) mass is 270 g/mol. The number of amides is 2. The van der Waals surface area contributed by atoms with Crippen LogP contribution < -0.4 is 0 Å². The fourth-order valence-electron chi connectivity index (χ4n) is 3.14. The van der Waals surface area contributed by atoms with Crippen LogP contribution in [0.3, 0.4) is 0 Å². The van der Waals surface area contributed by atoms with Crippen LogP contribution in [-0.2, 0) is 4.79 Å². The largest absolute Gasteiger partial charge is 0.480 e. The predicted molar refractivity (Wildman–Crippen MR) is 68.7 cm³/mol. The topological polar surface area (TPSA) is 81.1 Å². The molecule has 1 saturated heterocycles. The molecule has 2 amide bonds. The van der Waals surface area contributed by atoms with Crippen LogP contribution in [0.25, 0.3) is 0 Å². The highest BCUT2D eigenvalue weighted by atomic mass is 16.4. The van der Waals surface area contributed by atoms with Gasteiger partial charge in [-0.15, -0.1) is 0 Å². The van der Waals surface area contributed by atoms with Gasteiger partial charge >= 0.3 is 12.0 Å². The molecule has 0 spiro atoms. The molecule has 0 unspecified atom stereocenters. The predicted octanol–water partition coefficient (Wildman–Crippen LogP) is 0.748. The lowest BCUT2D eigenvalue weighted by Gasteiger charge is -2.29. The summed E-state index contributed by atoms with van der Waals surface area (Å²) in [7, 11) is 1.71. The van der Waals surface area contributed by atoms with Crippen LogP contribution in [0.5, 0.6) is 0 Å². The molecule has 6 nitrogen and oxygen atoms in total. The summed E-state index contributed by atoms with van der Waals surface area (Å²) in [6.45, 7) is 0.794. The smallest absolute Gasteiger partial charge is 0.326 e. The molecule has 0 radical (unpaired) electrons. The van der Waals surface area contributed by atoms with Gasteiger partial charge in [0.15, 0.2) is 0 Å². The van der Waals surface area contributed by atoms with Gasteiger partial charge in [0, 0.05) is 26.6 Å². The van der Waals surface area contributed by atoms with Crippen LogP contribution in [0.4, 0.5) is 4.79 Å². The number of β-amino-alcohol motifs (C(OH)–C–C–N with tert-alkyl or cyclic N) is 1. The number of carbonyl (C=O) groups is 2. The van der Waals surface area contributed by atoms with E-state index < -0.39 is 18.1 Å². The van der Waals surface area contributed by atoms with Gasteiger partial charge < -0.3 is 20.0 Å². The Bertz CT molecular complexity index is 355. The van der Waals surface area contributed by atoms with Crippen molar-refractivity contribution in [2.24, 2.45) is 5.92 Å². The van der Waals surface area contributed by atoms with Crippen LogP contribution in [0.1, 0.15) is 32.1 Å². The molecule has 1 aliphatic heterocycles. The third kappa shape index (κ3) is 3.18. The number of likely N-dealkylation sites (tertiary alicyclic amines) is 1. The lowest BCUT2D eigenvalue weighted by Crippen LogP contribution is -2.47. The third-order valence-corrected chi connectivity index (χ3v) is 4.14. The molecule has 1 heterocycles. The first-order valence-electron chi connectivity index (χ1n) is 6.91. The third-order valence-electron chi connectivity index (χ3n) is 4.14. The van der Waals surface area contributed by atoms with Crippen LogP contribution in [0.15, 0.2) is 0 Å². The first kappa shape index (κ1) is 14.1. The normalized spacial score (nSPS) is 27.8. The van der Waals surface area contributed by atoms with Crippen molar-refractivity contribution in [3.05, 3.63) is 0 Å². The average Bonchev–Trinajstić information content (AvgIpc) is 2.97. The Morgan fingerprint density at radius 3 is 2.53 bits per heavy atom. The van der Waals surface area contributed by atoms with Crippen molar-refractivity contribution in [3.63, 3.8) is 0 Å². The average molecular weight is 270 g/mol. The number of rotatable bonds is 3. The first-order chi connectivity index (χ1) is 8.99. The van der Waals surface area contributed by atoms with E-state index in [1.807, 2.05) is 0 Å². The molecule has 0 aromatic carbocycles. The molecule has 0 bridgehead atoms. The molecule has 0 aromatic rings. The van der Waals surface area contributed by atoms with Crippen molar-refractivity contribution in [2.45, 2.75) is 44.2 Å². The van der Waals surface area contributed by atoms with Gasteiger partial charge in [-0.2, -0.15) is 0 Å². The van der Waals surface area contributed by atoms with Crippen molar-refractivity contribution in [1.82, 2.24) is 9.80 Å². The number of hydrogen-bond donors (Lipinski definition) is 2. The van der Waals surface area contributed by atoms with Gasteiger partial charge in [0.25, 0.3) is 0 Å². The maximum Gasteiger partial charge on any atom is 0.326 e. The van der Waals surface area contributed by atoms with Crippen molar-refractivity contribution >= 4 is 12.0 Å². The molecule has 0 aromatic heterocycles. The summed E-state index contributed by atoms with van der Waals surface area (Å²) < 4.78 is 0. The van der Waals surface area contributed by atoms with E-state index in [1.165, 1.54) is 17.7 Å². The number of aliphatic hydroxyl groups excluding tert-OH is 1. The number of carbonyl (C=O) groups excluding carboxylic acids is 1. The minimum Gasteiger partial charge on any atom is -0.480 e. The number of aliphatic carboxylic acids is 1. The van der Waals surface area contributed by atoms with Gasteiger partial charge in [0.05, 0.1) is 6.10 Å². The minimum absolute atomic E-state index is 0.116. The van der Waals surface area contributed by atoms with Gasteiger partial charge in [-0.05, 0) is 18.8 Å². The zero-order valence-corrected chi connectivity index (χ0v) is 11.3. The van der Waals surface area contributed by atoms with Crippen molar-refractivity contribution in [2.75, 3.05) is 20.1 Å². The molecule has 1 saturated carbocycles. The highest BCUT2D eigenvalue weighted by Gasteiger charge is 2.40. The minimum atomic E-state index is -1.04. The highest BCUT2D eigenvalue weighted by molar-refractivity contribution is 5.83. The summed E-state index contributed by atoms with van der Waals surface area (Å²) in [5, 5.41) is 18.7. The van der Waals surface area contributed by atoms with Gasteiger partial charge in [-0.25, -0.2) is 9.59 Å². The zero-order valence-electron chi connectivity index (χ0n) is 11.3. The molecule has 2 N–H and O–H groups in total. The van der Waals surface area contributed by atoms with E-state index in [0.717, 1.165) is 12.8 Å². The first-order valence-corrected chi connectivity index (χ1v) is 6.91. The maximum atomic E-state index is 12.3. The summed E-state index contributed by atoms with van der Waals surface area (Å²) in [5.41, 5.74) is 0. The number of carboxylic acid groups (broad SMARTS) is 1. The Labute approximate surface area is 113 Å². The van der Waals surface area contributed by atoms with Gasteiger partial charge in [0.2, 0.25) is 0 Å². The van der Waals surface area contributed by atoms with E-state index in [0.29, 0.717) is 12.5 Å². The fourth-order valence-corrected chi connectivity index (χ4v) is 3.14. The Morgan fingerprint density at radius 1 is 1.32 bits per heavy atom. The van der Waals surface area contributed by atoms with Gasteiger partial charge in [-0.3, -0.25) is 0 Å². The van der Waals surface area contributed by atoms with Crippen molar-refractivity contribution in [1.29, 1.82) is 0 Å². The summed E-state index contributed by atoms with van der Waals surface area (Å²) in [5.74, 6) is -0.510. The van der Waals surface area contributed by atoms with E-state index >= 15 is 0 Å². The van der Waals surface area contributed by atoms with E-state index in [4.69, 9.17) is 5.11 Å². The molecule has 108 valence electrons. The van der Waals surface area contributed by atoms with Crippen LogP contribution >= 0.6 is 0 Å². The van der Waals surface area contributed by atoms with Crippen LogP contribution in [-0.4, -0.2) is 64.3 Å². The van der Waals surface area contributed by atoms with Gasteiger partial charge in [-0.1, -0.05) is 12.8 Å². The molecule has 1 aliphatic carbocycles. The lowest BCUT2D eigenvalue weighted by atomic mass is 10.1. The Kier molecular flexibility index (Phi) is 4.29. The number of urea groups is 1. The number of hydrogen-bond acceptors (Lipinski definition) is 3. The number of carboxylic acids is 1. The Morgan fingerprint density at radius 2 is 1.95 bits per heavy atom. The second kappa shape index (κ2) is 5.77. The summed E-state index contributed by atoms with van der Waals surface area (Å²) in [6.07, 6.45) is 4.11. The number of nitrogens with zero attached hydrogens (tertiary/aromatic N) is 2. The molecule has 2 fully saturated rings. The van der Waals surface area contributed by atoms with Crippen LogP contribution in [0.2, 0.25) is 0 Å². The SMILES string of the molecule is CN(CC1CCCC1)C(=O)N1C[C@H](O)C[C@@H]1C(=O)O.